The van der Waals surface area contributed by atoms with Crippen LogP contribution in [0.15, 0.2) is 36.5 Å². The number of aromatic nitrogens is 1. The van der Waals surface area contributed by atoms with E-state index in [1.807, 2.05) is 12.1 Å². The second kappa shape index (κ2) is 6.05. The summed E-state index contributed by atoms with van der Waals surface area (Å²) in [4.78, 5) is 4.04. The van der Waals surface area contributed by atoms with E-state index < -0.39 is 0 Å². The van der Waals surface area contributed by atoms with E-state index in [1.165, 1.54) is 6.20 Å². The Morgan fingerprint density at radius 3 is 2.44 bits per heavy atom. The third-order valence-corrected chi connectivity index (χ3v) is 2.86. The molecule has 94 valence electrons. The molecule has 0 saturated heterocycles. The van der Waals surface area contributed by atoms with Crippen LogP contribution in [-0.4, -0.2) is 10.1 Å². The average Bonchev–Trinajstić information content (AvgIpc) is 2.39. The van der Waals surface area contributed by atoms with Gasteiger partial charge in [0.2, 0.25) is 5.88 Å². The minimum atomic E-state index is -0.0931. The first-order chi connectivity index (χ1) is 8.69. The maximum Gasteiger partial charge on any atom is 0.232 e. The molecule has 0 aliphatic carbocycles. The van der Waals surface area contributed by atoms with Crippen LogP contribution in [0.4, 0.5) is 0 Å². The maximum atomic E-state index is 8.93. The molecule has 2 rings (SSSR count). The van der Waals surface area contributed by atoms with Gasteiger partial charge < -0.3 is 9.84 Å². The number of rotatable bonds is 4. The molecule has 2 aromatic rings. The first-order valence-corrected chi connectivity index (χ1v) is 6.07. The van der Waals surface area contributed by atoms with Gasteiger partial charge in [0.1, 0.15) is 11.6 Å². The zero-order valence-corrected chi connectivity index (χ0v) is 10.9. The summed E-state index contributed by atoms with van der Waals surface area (Å²) in [6.07, 6.45) is 1.53. The fourth-order valence-electron chi connectivity index (χ4n) is 1.39. The number of hydrogen-bond acceptors (Lipinski definition) is 3. The molecule has 1 heterocycles. The molecule has 0 atom stereocenters. The van der Waals surface area contributed by atoms with Crippen molar-refractivity contribution in [3.63, 3.8) is 0 Å². The largest absolute Gasteiger partial charge is 0.472 e. The lowest BCUT2D eigenvalue weighted by atomic mass is 10.2. The third kappa shape index (κ3) is 3.35. The van der Waals surface area contributed by atoms with Crippen molar-refractivity contribution in [1.29, 1.82) is 0 Å². The molecule has 1 N–H and O–H groups in total. The maximum absolute atomic E-state index is 8.93. The highest BCUT2D eigenvalue weighted by atomic mass is 35.5. The second-order valence-corrected chi connectivity index (χ2v) is 4.55. The van der Waals surface area contributed by atoms with Crippen LogP contribution in [-0.2, 0) is 13.2 Å². The number of aliphatic hydroxyl groups excluding tert-OH is 1. The Morgan fingerprint density at radius 1 is 1.11 bits per heavy atom. The predicted octanol–water partition coefficient (Wildman–Crippen LogP) is 3.46. The van der Waals surface area contributed by atoms with Crippen LogP contribution < -0.4 is 4.74 Å². The van der Waals surface area contributed by atoms with Gasteiger partial charge in [0.05, 0.1) is 6.61 Å². The monoisotopic (exact) mass is 283 g/mol. The number of benzene rings is 1. The summed E-state index contributed by atoms with van der Waals surface area (Å²) in [5, 5.41) is 10.0. The van der Waals surface area contributed by atoms with Gasteiger partial charge in [-0.25, -0.2) is 4.98 Å². The van der Waals surface area contributed by atoms with Gasteiger partial charge in [-0.05, 0) is 29.3 Å². The Labute approximate surface area is 115 Å². The number of hydrogen-bond donors (Lipinski definition) is 1. The Hall–Kier alpha value is -1.29. The zero-order valence-electron chi connectivity index (χ0n) is 9.44. The van der Waals surface area contributed by atoms with Gasteiger partial charge >= 0.3 is 0 Å². The molecule has 3 nitrogen and oxygen atoms in total. The van der Waals surface area contributed by atoms with Crippen molar-refractivity contribution in [2.45, 2.75) is 13.2 Å². The molecule has 0 bridgehead atoms. The van der Waals surface area contributed by atoms with Gasteiger partial charge in [0.25, 0.3) is 0 Å². The van der Waals surface area contributed by atoms with E-state index in [1.54, 1.807) is 18.2 Å². The van der Waals surface area contributed by atoms with Gasteiger partial charge in [-0.1, -0.05) is 35.3 Å². The van der Waals surface area contributed by atoms with E-state index in [0.29, 0.717) is 28.1 Å². The summed E-state index contributed by atoms with van der Waals surface area (Å²) in [5.74, 6) is 0.351. The topological polar surface area (TPSA) is 42.4 Å². The Balaban J connectivity index is 2.04. The molecule has 0 saturated carbocycles. The fourth-order valence-corrected chi connectivity index (χ4v) is 1.76. The zero-order chi connectivity index (χ0) is 13.0. The minimum absolute atomic E-state index is 0.0931. The molecular weight excluding hydrogens is 273 g/mol. The van der Waals surface area contributed by atoms with Crippen LogP contribution in [0.2, 0.25) is 10.0 Å². The average molecular weight is 284 g/mol. The van der Waals surface area contributed by atoms with E-state index in [4.69, 9.17) is 33.0 Å². The molecule has 0 unspecified atom stereocenters. The van der Waals surface area contributed by atoms with Crippen molar-refractivity contribution < 1.29 is 9.84 Å². The standard InChI is InChI=1S/C13H11Cl2NO2/c14-11-3-1-9(2-4-11)8-18-13-12(15)5-10(7-17)6-16-13/h1-6,17H,7-8H2. The Kier molecular flexibility index (Phi) is 4.42. The molecular formula is C13H11Cl2NO2. The second-order valence-electron chi connectivity index (χ2n) is 3.70. The minimum Gasteiger partial charge on any atom is -0.472 e. The molecule has 5 heteroatoms. The van der Waals surface area contributed by atoms with Crippen LogP contribution in [0.25, 0.3) is 0 Å². The van der Waals surface area contributed by atoms with Crippen molar-refractivity contribution in [2.24, 2.45) is 0 Å². The molecule has 0 radical (unpaired) electrons. The predicted molar refractivity (Wildman–Crippen MR) is 71.0 cm³/mol. The van der Waals surface area contributed by atoms with Gasteiger partial charge in [0, 0.05) is 11.2 Å². The summed E-state index contributed by atoms with van der Waals surface area (Å²) in [6.45, 7) is 0.270. The van der Waals surface area contributed by atoms with Crippen molar-refractivity contribution >= 4 is 23.2 Å². The van der Waals surface area contributed by atoms with Crippen molar-refractivity contribution in [3.8, 4) is 5.88 Å². The molecule has 0 spiro atoms. The van der Waals surface area contributed by atoms with Crippen molar-refractivity contribution in [3.05, 3.63) is 57.7 Å². The van der Waals surface area contributed by atoms with Crippen LogP contribution >= 0.6 is 23.2 Å². The van der Waals surface area contributed by atoms with Gasteiger partial charge in [0.15, 0.2) is 0 Å². The lowest BCUT2D eigenvalue weighted by molar-refractivity contribution is 0.278. The molecule has 0 aliphatic heterocycles. The van der Waals surface area contributed by atoms with E-state index >= 15 is 0 Å². The SMILES string of the molecule is OCc1cnc(OCc2ccc(Cl)cc2)c(Cl)c1. The number of halogens is 2. The smallest absolute Gasteiger partial charge is 0.232 e. The van der Waals surface area contributed by atoms with E-state index in [2.05, 4.69) is 4.98 Å². The summed E-state index contributed by atoms with van der Waals surface area (Å²) in [5.41, 5.74) is 1.63. The highest BCUT2D eigenvalue weighted by Crippen LogP contribution is 2.23. The molecule has 1 aromatic heterocycles. The van der Waals surface area contributed by atoms with E-state index in [0.717, 1.165) is 5.56 Å². The third-order valence-electron chi connectivity index (χ3n) is 2.34. The molecule has 0 fully saturated rings. The Bertz CT molecular complexity index is 529. The van der Waals surface area contributed by atoms with Crippen LogP contribution in [0.5, 0.6) is 5.88 Å². The Morgan fingerprint density at radius 2 is 1.83 bits per heavy atom. The van der Waals surface area contributed by atoms with E-state index in [9.17, 15) is 0 Å². The fraction of sp³-hybridized carbons (Fsp3) is 0.154. The van der Waals surface area contributed by atoms with E-state index in [-0.39, 0.29) is 6.61 Å². The van der Waals surface area contributed by atoms with Crippen LogP contribution in [0.1, 0.15) is 11.1 Å². The normalized spacial score (nSPS) is 10.4. The van der Waals surface area contributed by atoms with Gasteiger partial charge in [-0.15, -0.1) is 0 Å². The van der Waals surface area contributed by atoms with Gasteiger partial charge in [-0.2, -0.15) is 0 Å². The summed E-state index contributed by atoms with van der Waals surface area (Å²) >= 11 is 11.8. The van der Waals surface area contributed by atoms with Crippen LogP contribution in [0.3, 0.4) is 0 Å². The summed E-state index contributed by atoms with van der Waals surface area (Å²) in [6, 6.07) is 8.97. The molecule has 0 aliphatic rings. The van der Waals surface area contributed by atoms with Crippen molar-refractivity contribution in [1.82, 2.24) is 4.98 Å². The number of ether oxygens (including phenoxy) is 1. The highest BCUT2D eigenvalue weighted by molar-refractivity contribution is 6.31. The lowest BCUT2D eigenvalue weighted by Gasteiger charge is -2.07. The lowest BCUT2D eigenvalue weighted by Crippen LogP contribution is -1.98. The number of nitrogens with zero attached hydrogens (tertiary/aromatic N) is 1. The van der Waals surface area contributed by atoms with Gasteiger partial charge in [-0.3, -0.25) is 0 Å². The quantitative estimate of drug-likeness (QED) is 0.934. The highest BCUT2D eigenvalue weighted by Gasteiger charge is 2.05. The first kappa shape index (κ1) is 13.1. The molecule has 0 amide bonds. The first-order valence-electron chi connectivity index (χ1n) is 5.31. The molecule has 18 heavy (non-hydrogen) atoms. The summed E-state index contributed by atoms with van der Waals surface area (Å²) < 4.78 is 5.49. The number of pyridine rings is 1. The number of aliphatic hydroxyl groups is 1. The van der Waals surface area contributed by atoms with Crippen LogP contribution in [0, 0.1) is 0 Å². The molecule has 1 aromatic carbocycles. The summed E-state index contributed by atoms with van der Waals surface area (Å²) in [7, 11) is 0. The van der Waals surface area contributed by atoms with Crippen molar-refractivity contribution in [2.75, 3.05) is 0 Å².